The zero-order valence-corrected chi connectivity index (χ0v) is 15.5. The molecule has 0 aliphatic carbocycles. The summed E-state index contributed by atoms with van der Waals surface area (Å²) in [6, 6.07) is 0. The van der Waals surface area contributed by atoms with Crippen molar-refractivity contribution in [2.24, 2.45) is 5.92 Å². The van der Waals surface area contributed by atoms with Crippen molar-refractivity contribution in [3.63, 3.8) is 0 Å². The zero-order valence-electron chi connectivity index (χ0n) is 15.5. The van der Waals surface area contributed by atoms with Crippen LogP contribution in [0, 0.1) is 5.92 Å². The minimum Gasteiger partial charge on any atom is -0.465 e. The van der Waals surface area contributed by atoms with E-state index in [4.69, 9.17) is 9.47 Å². The Morgan fingerprint density at radius 2 is 1.52 bits per heavy atom. The van der Waals surface area contributed by atoms with Gasteiger partial charge in [0.05, 0.1) is 19.8 Å². The Bertz CT molecular complexity index is 276. The van der Waals surface area contributed by atoms with Crippen molar-refractivity contribution < 1.29 is 14.3 Å². The quantitative estimate of drug-likeness (QED) is 0.196. The molecule has 0 saturated heterocycles. The summed E-state index contributed by atoms with van der Waals surface area (Å²) in [5.41, 5.74) is 0. The maximum Gasteiger partial charge on any atom is 0.305 e. The average molecular weight is 327 g/mol. The van der Waals surface area contributed by atoms with Gasteiger partial charge in [0, 0.05) is 12.3 Å². The van der Waals surface area contributed by atoms with Gasteiger partial charge in [0.25, 0.3) is 0 Å². The fourth-order valence-corrected chi connectivity index (χ4v) is 2.46. The molecule has 0 spiro atoms. The van der Waals surface area contributed by atoms with Crippen molar-refractivity contribution in [1.82, 2.24) is 0 Å². The van der Waals surface area contributed by atoms with E-state index in [1.807, 2.05) is 6.92 Å². The SMILES string of the molecule is C=CCOCC(C)COC(=O)CCCCCCCCCCCC. The smallest absolute Gasteiger partial charge is 0.305 e. The molecule has 0 aromatic carbocycles. The molecule has 136 valence electrons. The molecule has 3 heteroatoms. The molecule has 1 unspecified atom stereocenters. The maximum atomic E-state index is 11.6. The molecule has 0 heterocycles. The number of carbonyl (C=O) groups is 1. The summed E-state index contributed by atoms with van der Waals surface area (Å²) >= 11 is 0. The Labute approximate surface area is 143 Å². The van der Waals surface area contributed by atoms with Crippen molar-refractivity contribution in [1.29, 1.82) is 0 Å². The minimum atomic E-state index is -0.0693. The van der Waals surface area contributed by atoms with Crippen molar-refractivity contribution in [2.45, 2.75) is 84.5 Å². The number of ether oxygens (including phenoxy) is 2. The summed E-state index contributed by atoms with van der Waals surface area (Å²) in [6.07, 6.45) is 15.1. The fourth-order valence-electron chi connectivity index (χ4n) is 2.46. The number of carbonyl (C=O) groups excluding carboxylic acids is 1. The van der Waals surface area contributed by atoms with Crippen LogP contribution in [0.5, 0.6) is 0 Å². The van der Waals surface area contributed by atoms with E-state index in [0.717, 1.165) is 12.8 Å². The normalized spacial score (nSPS) is 12.1. The van der Waals surface area contributed by atoms with E-state index in [-0.39, 0.29) is 11.9 Å². The van der Waals surface area contributed by atoms with Gasteiger partial charge in [-0.2, -0.15) is 0 Å². The molecule has 0 aromatic heterocycles. The molecule has 1 atom stereocenters. The summed E-state index contributed by atoms with van der Waals surface area (Å²) in [4.78, 5) is 11.6. The van der Waals surface area contributed by atoms with Crippen LogP contribution in [0.2, 0.25) is 0 Å². The third-order valence-corrected chi connectivity index (χ3v) is 3.90. The van der Waals surface area contributed by atoms with Crippen LogP contribution >= 0.6 is 0 Å². The molecule has 0 rings (SSSR count). The molecule has 0 bridgehead atoms. The van der Waals surface area contributed by atoms with Gasteiger partial charge >= 0.3 is 5.97 Å². The van der Waals surface area contributed by atoms with Crippen molar-refractivity contribution in [3.05, 3.63) is 12.7 Å². The molecule has 0 N–H and O–H groups in total. The van der Waals surface area contributed by atoms with Crippen molar-refractivity contribution in [2.75, 3.05) is 19.8 Å². The van der Waals surface area contributed by atoms with Crippen LogP contribution in [0.3, 0.4) is 0 Å². The average Bonchev–Trinajstić information content (AvgIpc) is 2.55. The summed E-state index contributed by atoms with van der Waals surface area (Å²) in [6.45, 7) is 9.49. The Kier molecular flexibility index (Phi) is 16.9. The monoisotopic (exact) mass is 326 g/mol. The van der Waals surface area contributed by atoms with Crippen LogP contribution in [0.1, 0.15) is 84.5 Å². The molecule has 0 amide bonds. The Hall–Kier alpha value is -0.830. The van der Waals surface area contributed by atoms with E-state index in [0.29, 0.717) is 26.2 Å². The van der Waals surface area contributed by atoms with E-state index < -0.39 is 0 Å². The van der Waals surface area contributed by atoms with Crippen LogP contribution in [-0.2, 0) is 14.3 Å². The lowest BCUT2D eigenvalue weighted by Gasteiger charge is -2.11. The highest BCUT2D eigenvalue weighted by atomic mass is 16.5. The molecule has 0 aromatic rings. The van der Waals surface area contributed by atoms with E-state index in [1.54, 1.807) is 6.08 Å². The third kappa shape index (κ3) is 17.4. The molecule has 0 saturated carbocycles. The van der Waals surface area contributed by atoms with E-state index in [9.17, 15) is 4.79 Å². The van der Waals surface area contributed by atoms with E-state index in [1.165, 1.54) is 51.4 Å². The molecule has 0 aliphatic rings. The van der Waals surface area contributed by atoms with Gasteiger partial charge in [0.15, 0.2) is 0 Å². The maximum absolute atomic E-state index is 11.6. The molecular formula is C20H38O3. The Balaban J connectivity index is 3.28. The van der Waals surface area contributed by atoms with E-state index >= 15 is 0 Å². The molecule has 0 fully saturated rings. The Morgan fingerprint density at radius 1 is 0.957 bits per heavy atom. The number of unbranched alkanes of at least 4 members (excludes halogenated alkanes) is 9. The van der Waals surface area contributed by atoms with Crippen LogP contribution in [0.4, 0.5) is 0 Å². The number of hydrogen-bond acceptors (Lipinski definition) is 3. The molecular weight excluding hydrogens is 288 g/mol. The van der Waals surface area contributed by atoms with Gasteiger partial charge in [-0.05, 0) is 6.42 Å². The van der Waals surface area contributed by atoms with Crippen LogP contribution in [0.15, 0.2) is 12.7 Å². The standard InChI is InChI=1S/C20H38O3/c1-4-6-7-8-9-10-11-12-13-14-15-20(21)23-18-19(3)17-22-16-5-2/h5,19H,2,4,6-18H2,1,3H3. The van der Waals surface area contributed by atoms with Gasteiger partial charge in [-0.3, -0.25) is 4.79 Å². The predicted octanol–water partition coefficient (Wildman–Crippen LogP) is 5.68. The number of esters is 1. The lowest BCUT2D eigenvalue weighted by atomic mass is 10.1. The molecule has 0 radical (unpaired) electrons. The van der Waals surface area contributed by atoms with Gasteiger partial charge in [-0.1, -0.05) is 77.7 Å². The predicted molar refractivity (Wildman–Crippen MR) is 97.6 cm³/mol. The fraction of sp³-hybridized carbons (Fsp3) is 0.850. The van der Waals surface area contributed by atoms with Crippen LogP contribution in [-0.4, -0.2) is 25.8 Å². The highest BCUT2D eigenvalue weighted by Gasteiger charge is 2.07. The first-order chi connectivity index (χ1) is 11.2. The van der Waals surface area contributed by atoms with Gasteiger partial charge in [-0.25, -0.2) is 0 Å². The first-order valence-corrected chi connectivity index (χ1v) is 9.55. The lowest BCUT2D eigenvalue weighted by Crippen LogP contribution is -2.16. The third-order valence-electron chi connectivity index (χ3n) is 3.90. The van der Waals surface area contributed by atoms with Crippen molar-refractivity contribution in [3.8, 4) is 0 Å². The number of rotatable bonds is 17. The van der Waals surface area contributed by atoms with Crippen molar-refractivity contribution >= 4 is 5.97 Å². The summed E-state index contributed by atoms with van der Waals surface area (Å²) in [5.74, 6) is 0.173. The topological polar surface area (TPSA) is 35.5 Å². The van der Waals surface area contributed by atoms with Gasteiger partial charge in [-0.15, -0.1) is 6.58 Å². The first kappa shape index (κ1) is 22.2. The summed E-state index contributed by atoms with van der Waals surface area (Å²) in [7, 11) is 0. The lowest BCUT2D eigenvalue weighted by molar-refractivity contribution is -0.145. The van der Waals surface area contributed by atoms with Crippen LogP contribution < -0.4 is 0 Å². The van der Waals surface area contributed by atoms with Gasteiger partial charge < -0.3 is 9.47 Å². The van der Waals surface area contributed by atoms with Gasteiger partial charge in [0.2, 0.25) is 0 Å². The molecule has 23 heavy (non-hydrogen) atoms. The minimum absolute atomic E-state index is 0.0693. The first-order valence-electron chi connectivity index (χ1n) is 9.55. The van der Waals surface area contributed by atoms with Crippen LogP contribution in [0.25, 0.3) is 0 Å². The summed E-state index contributed by atoms with van der Waals surface area (Å²) in [5, 5.41) is 0. The second-order valence-corrected chi connectivity index (χ2v) is 6.55. The second-order valence-electron chi connectivity index (χ2n) is 6.55. The largest absolute Gasteiger partial charge is 0.465 e. The zero-order chi connectivity index (χ0) is 17.2. The Morgan fingerprint density at radius 3 is 2.09 bits per heavy atom. The molecule has 3 nitrogen and oxygen atoms in total. The highest BCUT2D eigenvalue weighted by Crippen LogP contribution is 2.11. The summed E-state index contributed by atoms with van der Waals surface area (Å²) < 4.78 is 10.6. The van der Waals surface area contributed by atoms with E-state index in [2.05, 4.69) is 13.5 Å². The van der Waals surface area contributed by atoms with Gasteiger partial charge in [0.1, 0.15) is 0 Å². The number of hydrogen-bond donors (Lipinski definition) is 0. The molecule has 0 aliphatic heterocycles. The second kappa shape index (κ2) is 17.5. The highest BCUT2D eigenvalue weighted by molar-refractivity contribution is 5.69.